The number of ether oxygens (including phenoxy) is 2. The first-order valence-electron chi connectivity index (χ1n) is 33.8. The Morgan fingerprint density at radius 2 is 0.460 bits per heavy atom. The van der Waals surface area contributed by atoms with E-state index < -0.39 is 10.8 Å². The van der Waals surface area contributed by atoms with Crippen molar-refractivity contribution in [2.75, 3.05) is 0 Å². The first-order valence-corrected chi connectivity index (χ1v) is 33.8. The number of para-hydroxylation sites is 2. The topological polar surface area (TPSA) is 95.8 Å². The molecule has 4 aliphatic rings. The van der Waals surface area contributed by atoms with Gasteiger partial charge < -0.3 is 9.47 Å². The van der Waals surface area contributed by atoms with Crippen LogP contribution in [-0.2, 0) is 10.8 Å². The van der Waals surface area contributed by atoms with Crippen LogP contribution in [0.4, 0.5) is 0 Å². The number of fused-ring (bicyclic) bond motifs is 18. The minimum atomic E-state index is -0.716. The van der Waals surface area contributed by atoms with Gasteiger partial charge in [0.05, 0.1) is 10.8 Å². The summed E-state index contributed by atoms with van der Waals surface area (Å²) in [5, 5.41) is 0. The van der Waals surface area contributed by atoms with Crippen molar-refractivity contribution in [1.82, 2.24) is 29.9 Å². The lowest BCUT2D eigenvalue weighted by Gasteiger charge is -2.39. The molecule has 2 aromatic heterocycles. The van der Waals surface area contributed by atoms with E-state index in [9.17, 15) is 0 Å². The van der Waals surface area contributed by atoms with Crippen LogP contribution in [0.25, 0.3) is 124 Å². The SMILES string of the molecule is c1ccc(-c2cccc(-c3nc(-c4ccccc4)nc(-c4ccc5c(c4)Oc4ccccc4C54c5ccccc5-c5c(-c6ccc(-c7ccc(-c8nc(-c9ccccc9)nc(-c9ccc%10c(c9)Oc9ccccc9C%109c%10ccccc%10-c%10ccccc%109)n8)cc7)cc6)cccc54)n3)c2)cc1. The summed E-state index contributed by atoms with van der Waals surface area (Å²) in [4.78, 5) is 31.1. The molecule has 0 N–H and O–H groups in total. The van der Waals surface area contributed by atoms with E-state index in [1.807, 2.05) is 72.8 Å². The molecule has 20 rings (SSSR count). The maximum absolute atomic E-state index is 7.07. The second-order valence-corrected chi connectivity index (χ2v) is 25.9. The van der Waals surface area contributed by atoms with Crippen LogP contribution in [0, 0.1) is 0 Å². The molecule has 16 aromatic rings. The normalized spacial score (nSPS) is 14.3. The Hall–Kier alpha value is -13.3. The fourth-order valence-corrected chi connectivity index (χ4v) is 16.2. The molecule has 2 aliphatic carbocycles. The van der Waals surface area contributed by atoms with Crippen molar-refractivity contribution in [2.45, 2.75) is 10.8 Å². The third kappa shape index (κ3) is 8.80. The van der Waals surface area contributed by atoms with Crippen molar-refractivity contribution in [3.05, 3.63) is 384 Å². The van der Waals surface area contributed by atoms with E-state index in [-0.39, 0.29) is 0 Å². The molecule has 0 saturated carbocycles. The zero-order valence-electron chi connectivity index (χ0n) is 53.8. The van der Waals surface area contributed by atoms with Crippen LogP contribution in [0.5, 0.6) is 23.0 Å². The highest BCUT2D eigenvalue weighted by atomic mass is 16.5. The molecule has 466 valence electrons. The van der Waals surface area contributed by atoms with Crippen LogP contribution in [0.15, 0.2) is 340 Å². The molecular formula is C92H56N6O2. The van der Waals surface area contributed by atoms with Crippen molar-refractivity contribution in [2.24, 2.45) is 0 Å². The van der Waals surface area contributed by atoms with E-state index in [1.54, 1.807) is 0 Å². The molecule has 8 nitrogen and oxygen atoms in total. The highest BCUT2D eigenvalue weighted by Crippen LogP contribution is 2.65. The van der Waals surface area contributed by atoms with Crippen molar-refractivity contribution >= 4 is 0 Å². The van der Waals surface area contributed by atoms with Gasteiger partial charge in [-0.1, -0.05) is 309 Å². The molecular weight excluding hydrogens is 1220 g/mol. The van der Waals surface area contributed by atoms with E-state index >= 15 is 0 Å². The number of aromatic nitrogens is 6. The van der Waals surface area contributed by atoms with Gasteiger partial charge in [-0.15, -0.1) is 0 Å². The third-order valence-electron chi connectivity index (χ3n) is 20.6. The predicted octanol–water partition coefficient (Wildman–Crippen LogP) is 22.0. The summed E-state index contributed by atoms with van der Waals surface area (Å²) in [6.07, 6.45) is 0. The summed E-state index contributed by atoms with van der Waals surface area (Å²) in [5.41, 5.74) is 24.6. The maximum atomic E-state index is 7.07. The van der Waals surface area contributed by atoms with Crippen LogP contribution in [0.2, 0.25) is 0 Å². The smallest absolute Gasteiger partial charge is 0.164 e. The Kier molecular flexibility index (Phi) is 12.9. The molecule has 0 fully saturated rings. The van der Waals surface area contributed by atoms with Gasteiger partial charge in [0.2, 0.25) is 0 Å². The van der Waals surface area contributed by atoms with Crippen LogP contribution >= 0.6 is 0 Å². The predicted molar refractivity (Wildman–Crippen MR) is 397 cm³/mol. The quantitative estimate of drug-likeness (QED) is 0.141. The molecule has 0 amide bonds. The first-order chi connectivity index (χ1) is 49.5. The van der Waals surface area contributed by atoms with Crippen LogP contribution in [0.1, 0.15) is 44.5 Å². The number of hydrogen-bond donors (Lipinski definition) is 0. The molecule has 1 unspecified atom stereocenters. The monoisotopic (exact) mass is 1280 g/mol. The Labute approximate surface area is 578 Å². The lowest BCUT2D eigenvalue weighted by Crippen LogP contribution is -2.32. The molecule has 1 atom stereocenters. The fraction of sp³-hybridized carbons (Fsp3) is 0.0217. The van der Waals surface area contributed by atoms with E-state index in [0.29, 0.717) is 34.9 Å². The third-order valence-corrected chi connectivity index (χ3v) is 20.6. The average Bonchev–Trinajstić information content (AvgIpc) is 1.52. The standard InChI is InChI=1S/C92H56N6O2/c1-4-22-57(23-5-1)64-28-20-29-65(54-64)88-94-86(62-26-8-3-9-27-62)96-90(98-88)67-51-53-78-83(56-67)100-81-41-19-17-38-76(81)92(78)74-36-15-12-32-71(74)84-68(33-21-39-79(84)92)60-46-42-58(43-47-60)59-44-48-63(49-45-59)87-93-85(61-24-6-2-7-25-61)95-89(97-87)66-50-52-77-82(55-66)99-80-40-18-16-37-75(80)91(77)72-34-13-10-30-69(72)70-31-11-14-35-73(70)91/h1-56H. The fourth-order valence-electron chi connectivity index (χ4n) is 16.2. The highest BCUT2D eigenvalue weighted by molar-refractivity contribution is 5.97. The van der Waals surface area contributed by atoms with Gasteiger partial charge in [-0.25, -0.2) is 29.9 Å². The molecule has 100 heavy (non-hydrogen) atoms. The number of benzene rings is 14. The average molecular weight is 1280 g/mol. The van der Waals surface area contributed by atoms with Gasteiger partial charge in [0.25, 0.3) is 0 Å². The van der Waals surface area contributed by atoms with E-state index in [0.717, 1.165) is 112 Å². The van der Waals surface area contributed by atoms with E-state index in [2.05, 4.69) is 267 Å². The van der Waals surface area contributed by atoms with Gasteiger partial charge >= 0.3 is 0 Å². The summed E-state index contributed by atoms with van der Waals surface area (Å²) in [5.74, 6) is 6.59. The molecule has 0 saturated heterocycles. The molecule has 0 bridgehead atoms. The Bertz CT molecular complexity index is 5930. The summed E-state index contributed by atoms with van der Waals surface area (Å²) in [6.45, 7) is 0. The van der Waals surface area contributed by atoms with Crippen molar-refractivity contribution < 1.29 is 9.47 Å². The number of nitrogens with zero attached hydrogens (tertiary/aromatic N) is 6. The largest absolute Gasteiger partial charge is 0.457 e. The Morgan fingerprint density at radius 3 is 0.960 bits per heavy atom. The van der Waals surface area contributed by atoms with Gasteiger partial charge in [0.15, 0.2) is 34.9 Å². The van der Waals surface area contributed by atoms with Crippen molar-refractivity contribution in [3.63, 3.8) is 0 Å². The molecule has 8 heteroatoms. The van der Waals surface area contributed by atoms with Gasteiger partial charge in [-0.3, -0.25) is 0 Å². The van der Waals surface area contributed by atoms with E-state index in [4.69, 9.17) is 39.4 Å². The van der Waals surface area contributed by atoms with Crippen molar-refractivity contribution in [3.8, 4) is 147 Å². The molecule has 4 heterocycles. The zero-order chi connectivity index (χ0) is 65.9. The second kappa shape index (κ2) is 22.7. The Balaban J connectivity index is 0.645. The first kappa shape index (κ1) is 57.0. The lowest BCUT2D eigenvalue weighted by molar-refractivity contribution is 0.436. The second-order valence-electron chi connectivity index (χ2n) is 25.9. The molecule has 0 radical (unpaired) electrons. The minimum absolute atomic E-state index is 0.553. The minimum Gasteiger partial charge on any atom is -0.457 e. The summed E-state index contributed by atoms with van der Waals surface area (Å²) in [7, 11) is 0. The van der Waals surface area contributed by atoms with Gasteiger partial charge in [-0.05, 0) is 108 Å². The van der Waals surface area contributed by atoms with Gasteiger partial charge in [-0.2, -0.15) is 0 Å². The van der Waals surface area contributed by atoms with Crippen LogP contribution < -0.4 is 9.47 Å². The van der Waals surface area contributed by atoms with Crippen molar-refractivity contribution in [1.29, 1.82) is 0 Å². The molecule has 2 spiro atoms. The maximum Gasteiger partial charge on any atom is 0.164 e. The molecule has 14 aromatic carbocycles. The zero-order valence-corrected chi connectivity index (χ0v) is 53.8. The summed E-state index contributed by atoms with van der Waals surface area (Å²) in [6, 6.07) is 120. The van der Waals surface area contributed by atoms with Crippen LogP contribution in [-0.4, -0.2) is 29.9 Å². The van der Waals surface area contributed by atoms with Gasteiger partial charge in [0, 0.05) is 55.6 Å². The Morgan fingerprint density at radius 1 is 0.170 bits per heavy atom. The lowest BCUT2D eigenvalue weighted by atomic mass is 9.66. The van der Waals surface area contributed by atoms with E-state index in [1.165, 1.54) is 44.5 Å². The number of hydrogen-bond acceptors (Lipinski definition) is 8. The summed E-state index contributed by atoms with van der Waals surface area (Å²) < 4.78 is 14.0. The highest BCUT2D eigenvalue weighted by Gasteiger charge is 2.53. The number of rotatable bonds is 9. The molecule has 2 aliphatic heterocycles. The van der Waals surface area contributed by atoms with Crippen LogP contribution in [0.3, 0.4) is 0 Å². The van der Waals surface area contributed by atoms with Gasteiger partial charge in [0.1, 0.15) is 23.0 Å². The summed E-state index contributed by atoms with van der Waals surface area (Å²) >= 11 is 0.